The summed E-state index contributed by atoms with van der Waals surface area (Å²) in [4.78, 5) is 34.5. The van der Waals surface area contributed by atoms with Crippen molar-refractivity contribution >= 4 is 46.1 Å². The quantitative estimate of drug-likeness (QED) is 0.306. The van der Waals surface area contributed by atoms with E-state index in [-0.39, 0.29) is 11.3 Å². The normalized spacial score (nSPS) is 15.1. The Hall–Kier alpha value is -4.37. The Labute approximate surface area is 229 Å². The average molecular weight is 540 g/mol. The highest BCUT2D eigenvalue weighted by Crippen LogP contribution is 2.25. The molecule has 3 aromatic heterocycles. The first-order valence-corrected chi connectivity index (χ1v) is 13.4. The number of aromatic nitrogens is 6. The second-order valence-corrected chi connectivity index (χ2v) is 9.96. The van der Waals surface area contributed by atoms with E-state index in [2.05, 4.69) is 25.1 Å². The van der Waals surface area contributed by atoms with Gasteiger partial charge in [0, 0.05) is 30.7 Å². The van der Waals surface area contributed by atoms with Crippen LogP contribution in [0.15, 0.2) is 71.9 Å². The van der Waals surface area contributed by atoms with Crippen LogP contribution in [0, 0.1) is 0 Å². The number of para-hydroxylation sites is 1. The molecule has 0 N–H and O–H groups in total. The number of ketones is 1. The third-order valence-electron chi connectivity index (χ3n) is 6.99. The first kappa shape index (κ1) is 24.9. The Kier molecular flexibility index (Phi) is 6.89. The Bertz CT molecular complexity index is 1750. The molecule has 1 aliphatic heterocycles. The Morgan fingerprint density at radius 2 is 1.69 bits per heavy atom. The summed E-state index contributed by atoms with van der Waals surface area (Å²) in [5, 5.41) is 10.0. The number of benzene rings is 2. The molecule has 0 radical (unpaired) electrons. The lowest BCUT2D eigenvalue weighted by Crippen LogP contribution is -2.27. The number of anilines is 1. The molecule has 0 amide bonds. The second kappa shape index (κ2) is 10.8. The van der Waals surface area contributed by atoms with Crippen LogP contribution in [-0.2, 0) is 0 Å². The lowest BCUT2D eigenvalue weighted by molar-refractivity contribution is 0.0993. The van der Waals surface area contributed by atoms with E-state index in [9.17, 15) is 9.59 Å². The standard InChI is InChI=1S/C21H20ClN5O.C8H6N2O/c22-15-10-11-18-17(14-15)19(28)26(16-8-4-3-5-9-16)21-24-23-20(27(18)21)25-12-6-1-2-7-13-25;11-8-3-1-2-7-6(8)4-9-5-10-7/h3-5,8-11,14H,1-2,6-7,12-13H2;1-2,4-5H,3H2. The zero-order valence-corrected chi connectivity index (χ0v) is 22.0. The van der Waals surface area contributed by atoms with Crippen LogP contribution in [0.5, 0.6) is 0 Å². The van der Waals surface area contributed by atoms with Crippen molar-refractivity contribution < 1.29 is 4.79 Å². The molecule has 0 spiro atoms. The number of rotatable bonds is 2. The molecular weight excluding hydrogens is 514 g/mol. The summed E-state index contributed by atoms with van der Waals surface area (Å²) in [5.41, 5.74) is 2.76. The summed E-state index contributed by atoms with van der Waals surface area (Å²) in [5.74, 6) is 1.40. The highest BCUT2D eigenvalue weighted by Gasteiger charge is 2.22. The SMILES string of the molecule is O=C1CC=Cc2ncncc21.O=c1c2cc(Cl)ccc2n2c(N3CCCCCC3)nnc2n1-c1ccccc1. The fourth-order valence-corrected chi connectivity index (χ4v) is 5.25. The van der Waals surface area contributed by atoms with Gasteiger partial charge >= 0.3 is 0 Å². The van der Waals surface area contributed by atoms with Crippen LogP contribution >= 0.6 is 11.6 Å². The van der Waals surface area contributed by atoms with Crippen molar-refractivity contribution in [3.05, 3.63) is 93.8 Å². The average Bonchev–Trinajstić information content (AvgIpc) is 3.21. The number of fused-ring (bicyclic) bond motifs is 4. The number of halogens is 1. The molecular formula is C29H26ClN7O2. The lowest BCUT2D eigenvalue weighted by atomic mass is 10.0. The molecule has 1 fully saturated rings. The molecule has 10 heteroatoms. The summed E-state index contributed by atoms with van der Waals surface area (Å²) in [6.45, 7) is 1.89. The van der Waals surface area contributed by atoms with Gasteiger partial charge in [0.2, 0.25) is 11.7 Å². The highest BCUT2D eigenvalue weighted by atomic mass is 35.5. The Morgan fingerprint density at radius 3 is 2.46 bits per heavy atom. The van der Waals surface area contributed by atoms with E-state index in [0.29, 0.717) is 28.2 Å². The molecule has 1 saturated heterocycles. The van der Waals surface area contributed by atoms with Gasteiger partial charge in [-0.3, -0.25) is 9.59 Å². The molecule has 39 heavy (non-hydrogen) atoms. The third-order valence-corrected chi connectivity index (χ3v) is 7.22. The topological polar surface area (TPSA) is 98.3 Å². The number of hydrogen-bond acceptors (Lipinski definition) is 7. The second-order valence-electron chi connectivity index (χ2n) is 9.53. The van der Waals surface area contributed by atoms with E-state index in [1.54, 1.807) is 16.8 Å². The van der Waals surface area contributed by atoms with Crippen LogP contribution < -0.4 is 10.5 Å². The van der Waals surface area contributed by atoms with Crippen molar-refractivity contribution in [2.45, 2.75) is 32.1 Å². The predicted molar refractivity (Wildman–Crippen MR) is 152 cm³/mol. The van der Waals surface area contributed by atoms with Gasteiger partial charge in [0.25, 0.3) is 5.56 Å². The third kappa shape index (κ3) is 4.81. The van der Waals surface area contributed by atoms with Crippen LogP contribution in [0.4, 0.5) is 5.95 Å². The van der Waals surface area contributed by atoms with E-state index < -0.39 is 0 Å². The van der Waals surface area contributed by atoms with E-state index in [1.165, 1.54) is 19.2 Å². The lowest BCUT2D eigenvalue weighted by Gasteiger charge is -2.21. The van der Waals surface area contributed by atoms with E-state index in [4.69, 9.17) is 11.6 Å². The molecule has 196 valence electrons. The predicted octanol–water partition coefficient (Wildman–Crippen LogP) is 5.14. The molecule has 0 unspecified atom stereocenters. The molecule has 0 saturated carbocycles. The monoisotopic (exact) mass is 539 g/mol. The van der Waals surface area contributed by atoms with Crippen molar-refractivity contribution in [3.63, 3.8) is 0 Å². The van der Waals surface area contributed by atoms with Crippen LogP contribution in [0.2, 0.25) is 5.02 Å². The van der Waals surface area contributed by atoms with Crippen molar-refractivity contribution in [1.82, 2.24) is 29.1 Å². The van der Waals surface area contributed by atoms with Crippen LogP contribution in [0.25, 0.3) is 28.4 Å². The van der Waals surface area contributed by atoms with Gasteiger partial charge in [0.15, 0.2) is 5.78 Å². The smallest absolute Gasteiger partial charge is 0.267 e. The van der Waals surface area contributed by atoms with Crippen molar-refractivity contribution in [2.75, 3.05) is 18.0 Å². The maximum Gasteiger partial charge on any atom is 0.267 e. The van der Waals surface area contributed by atoms with Crippen LogP contribution in [0.1, 0.15) is 48.2 Å². The number of hydrogen-bond donors (Lipinski definition) is 0. The molecule has 9 nitrogen and oxygen atoms in total. The van der Waals surface area contributed by atoms with Crippen molar-refractivity contribution in [3.8, 4) is 5.69 Å². The minimum Gasteiger partial charge on any atom is -0.341 e. The zero-order valence-electron chi connectivity index (χ0n) is 21.2. The maximum atomic E-state index is 13.3. The zero-order chi connectivity index (χ0) is 26.8. The molecule has 4 heterocycles. The molecule has 5 aromatic rings. The summed E-state index contributed by atoms with van der Waals surface area (Å²) in [7, 11) is 0. The van der Waals surface area contributed by atoms with Gasteiger partial charge in [-0.05, 0) is 49.2 Å². The maximum absolute atomic E-state index is 13.3. The van der Waals surface area contributed by atoms with E-state index >= 15 is 0 Å². The Morgan fingerprint density at radius 1 is 0.897 bits per heavy atom. The van der Waals surface area contributed by atoms with Gasteiger partial charge in [0.05, 0.1) is 27.8 Å². The number of carbonyl (C=O) groups is 1. The summed E-state index contributed by atoms with van der Waals surface area (Å²) in [6, 6.07) is 15.0. The highest BCUT2D eigenvalue weighted by molar-refractivity contribution is 6.31. The molecule has 0 atom stereocenters. The molecule has 7 rings (SSSR count). The molecule has 2 aliphatic rings. The van der Waals surface area contributed by atoms with Crippen LogP contribution in [0.3, 0.4) is 0 Å². The minimum absolute atomic E-state index is 0.100. The van der Waals surface area contributed by atoms with Gasteiger partial charge in [-0.15, -0.1) is 10.2 Å². The van der Waals surface area contributed by atoms with Gasteiger partial charge in [-0.1, -0.05) is 48.7 Å². The first-order chi connectivity index (χ1) is 19.1. The first-order valence-electron chi connectivity index (χ1n) is 13.0. The van der Waals surface area contributed by atoms with Gasteiger partial charge in [-0.2, -0.15) is 0 Å². The van der Waals surface area contributed by atoms with Crippen LogP contribution in [-0.4, -0.2) is 48.0 Å². The van der Waals surface area contributed by atoms with Gasteiger partial charge in [0.1, 0.15) is 6.33 Å². The van der Waals surface area contributed by atoms with E-state index in [1.807, 2.05) is 59.0 Å². The van der Waals surface area contributed by atoms with Crippen molar-refractivity contribution in [2.24, 2.45) is 0 Å². The summed E-state index contributed by atoms with van der Waals surface area (Å²) in [6.07, 6.45) is 11.9. The minimum atomic E-state index is -0.147. The van der Waals surface area contributed by atoms with Crippen molar-refractivity contribution in [1.29, 1.82) is 0 Å². The van der Waals surface area contributed by atoms with Gasteiger partial charge < -0.3 is 4.90 Å². The number of nitrogens with zero attached hydrogens (tertiary/aromatic N) is 7. The fraction of sp³-hybridized carbons (Fsp3) is 0.241. The summed E-state index contributed by atoms with van der Waals surface area (Å²) >= 11 is 6.23. The molecule has 0 bridgehead atoms. The van der Waals surface area contributed by atoms with Gasteiger partial charge in [-0.25, -0.2) is 18.9 Å². The molecule has 1 aliphatic carbocycles. The number of carbonyl (C=O) groups excluding carboxylic acids is 1. The fourth-order valence-electron chi connectivity index (χ4n) is 5.07. The Balaban J connectivity index is 0.000000210. The number of allylic oxidation sites excluding steroid dienone is 1. The number of Topliss-reactive ketones (excluding diaryl/α,β-unsaturated/α-hetero) is 1. The largest absolute Gasteiger partial charge is 0.341 e. The summed E-state index contributed by atoms with van der Waals surface area (Å²) < 4.78 is 3.61. The molecule has 2 aromatic carbocycles. The van der Waals surface area contributed by atoms with E-state index in [0.717, 1.165) is 48.8 Å².